The molecule has 0 spiro atoms. The Morgan fingerprint density at radius 1 is 1.33 bits per heavy atom. The van der Waals surface area contributed by atoms with E-state index in [0.29, 0.717) is 6.54 Å². The van der Waals surface area contributed by atoms with Crippen LogP contribution in [0.25, 0.3) is 0 Å². The van der Waals surface area contributed by atoms with Crippen LogP contribution >= 0.6 is 0 Å². The number of ketones is 1. The second kappa shape index (κ2) is 6.47. The fourth-order valence-electron chi connectivity index (χ4n) is 2.59. The zero-order valence-corrected chi connectivity index (χ0v) is 11.8. The molecule has 0 aliphatic carbocycles. The van der Waals surface area contributed by atoms with E-state index in [-0.39, 0.29) is 17.5 Å². The average Bonchev–Trinajstić information content (AvgIpc) is 2.40. The van der Waals surface area contributed by atoms with Gasteiger partial charge in [-0.05, 0) is 44.0 Å². The van der Waals surface area contributed by atoms with E-state index < -0.39 is 6.36 Å². The van der Waals surface area contributed by atoms with Crippen LogP contribution in [0.2, 0.25) is 0 Å². The Labute approximate surface area is 121 Å². The Hall–Kier alpha value is -1.56. The molecule has 0 saturated carbocycles. The number of halogens is 3. The van der Waals surface area contributed by atoms with Gasteiger partial charge < -0.3 is 4.74 Å². The van der Waals surface area contributed by atoms with E-state index in [1.165, 1.54) is 12.1 Å². The lowest BCUT2D eigenvalue weighted by Gasteiger charge is -2.31. The summed E-state index contributed by atoms with van der Waals surface area (Å²) in [7, 11) is 0. The van der Waals surface area contributed by atoms with E-state index >= 15 is 0 Å². The largest absolute Gasteiger partial charge is 0.573 e. The number of Topliss-reactive ketones (excluding diaryl/α,β-unsaturated/α-hetero) is 1. The molecule has 3 nitrogen and oxygen atoms in total. The third-order valence-corrected chi connectivity index (χ3v) is 3.64. The Balaban J connectivity index is 1.92. The Bertz CT molecular complexity index is 485. The van der Waals surface area contributed by atoms with E-state index in [2.05, 4.69) is 9.64 Å². The van der Waals surface area contributed by atoms with Gasteiger partial charge in [0.15, 0.2) is 0 Å². The first-order chi connectivity index (χ1) is 9.83. The third-order valence-electron chi connectivity index (χ3n) is 3.64. The molecule has 0 amide bonds. The van der Waals surface area contributed by atoms with Crippen molar-refractivity contribution < 1.29 is 22.7 Å². The van der Waals surface area contributed by atoms with Gasteiger partial charge >= 0.3 is 6.36 Å². The van der Waals surface area contributed by atoms with Gasteiger partial charge in [-0.3, -0.25) is 9.69 Å². The molecule has 0 N–H and O–H groups in total. The van der Waals surface area contributed by atoms with Crippen molar-refractivity contribution >= 4 is 5.78 Å². The van der Waals surface area contributed by atoms with E-state index in [0.717, 1.165) is 31.5 Å². The molecule has 1 unspecified atom stereocenters. The first kappa shape index (κ1) is 15.8. The Morgan fingerprint density at radius 3 is 2.57 bits per heavy atom. The molecule has 116 valence electrons. The standard InChI is InChI=1S/C15H18F3NO2/c1-11(20)13-3-2-8-19(10-13)9-12-4-6-14(7-5-12)21-15(16,17)18/h4-7,13H,2-3,8-10H2,1H3. The highest BCUT2D eigenvalue weighted by atomic mass is 19.4. The molecule has 0 bridgehead atoms. The number of alkyl halides is 3. The van der Waals surface area contributed by atoms with Crippen molar-refractivity contribution in [3.63, 3.8) is 0 Å². The van der Waals surface area contributed by atoms with E-state index in [9.17, 15) is 18.0 Å². The maximum atomic E-state index is 12.1. The highest BCUT2D eigenvalue weighted by molar-refractivity contribution is 5.78. The second-order valence-corrected chi connectivity index (χ2v) is 5.38. The molecule has 0 aromatic heterocycles. The summed E-state index contributed by atoms with van der Waals surface area (Å²) in [6.45, 7) is 3.87. The number of benzene rings is 1. The van der Waals surface area contributed by atoms with Gasteiger partial charge in [0.25, 0.3) is 0 Å². The fourth-order valence-corrected chi connectivity index (χ4v) is 2.59. The fraction of sp³-hybridized carbons (Fsp3) is 0.533. The molecule has 1 fully saturated rings. The minimum absolute atomic E-state index is 0.0755. The van der Waals surface area contributed by atoms with Crippen LogP contribution in [0.5, 0.6) is 5.75 Å². The van der Waals surface area contributed by atoms with Crippen molar-refractivity contribution in [3.8, 4) is 5.75 Å². The molecule has 1 aliphatic heterocycles. The SMILES string of the molecule is CC(=O)C1CCCN(Cc2ccc(OC(F)(F)F)cc2)C1. The summed E-state index contributed by atoms with van der Waals surface area (Å²) in [5, 5.41) is 0. The summed E-state index contributed by atoms with van der Waals surface area (Å²) >= 11 is 0. The minimum atomic E-state index is -4.66. The van der Waals surface area contributed by atoms with Crippen molar-refractivity contribution in [2.45, 2.75) is 32.7 Å². The first-order valence-electron chi connectivity index (χ1n) is 6.91. The molecule has 21 heavy (non-hydrogen) atoms. The molecule has 1 aliphatic rings. The predicted molar refractivity (Wildman–Crippen MR) is 71.8 cm³/mol. The number of rotatable bonds is 4. The normalized spacial score (nSPS) is 20.3. The number of nitrogens with zero attached hydrogens (tertiary/aromatic N) is 1. The van der Waals surface area contributed by atoms with E-state index in [1.807, 2.05) is 0 Å². The van der Waals surface area contributed by atoms with Gasteiger partial charge in [-0.1, -0.05) is 12.1 Å². The number of hydrogen-bond donors (Lipinski definition) is 0. The zero-order chi connectivity index (χ0) is 15.5. The molecule has 1 aromatic rings. The summed E-state index contributed by atoms with van der Waals surface area (Å²) in [6, 6.07) is 5.88. The average molecular weight is 301 g/mol. The smallest absolute Gasteiger partial charge is 0.406 e. The van der Waals surface area contributed by atoms with E-state index in [4.69, 9.17) is 0 Å². The second-order valence-electron chi connectivity index (χ2n) is 5.38. The first-order valence-corrected chi connectivity index (χ1v) is 6.91. The van der Waals surface area contributed by atoms with Gasteiger partial charge in [0, 0.05) is 19.0 Å². The summed E-state index contributed by atoms with van der Waals surface area (Å²) < 4.78 is 40.0. The van der Waals surface area contributed by atoms with Gasteiger partial charge in [-0.2, -0.15) is 0 Å². The molecule has 0 radical (unpaired) electrons. The summed E-state index contributed by atoms with van der Waals surface area (Å²) in [5.74, 6) is 0.0618. The lowest BCUT2D eigenvalue weighted by molar-refractivity contribution is -0.274. The summed E-state index contributed by atoms with van der Waals surface area (Å²) in [5.41, 5.74) is 0.911. The van der Waals surface area contributed by atoms with E-state index in [1.54, 1.807) is 19.1 Å². The zero-order valence-electron chi connectivity index (χ0n) is 11.8. The number of carbonyl (C=O) groups excluding carboxylic acids is 1. The molecule has 2 rings (SSSR count). The molecule has 1 aromatic carbocycles. The van der Waals surface area contributed by atoms with Gasteiger partial charge in [0.2, 0.25) is 0 Å². The van der Waals surface area contributed by atoms with Crippen LogP contribution in [0.1, 0.15) is 25.3 Å². The summed E-state index contributed by atoms with van der Waals surface area (Å²) in [4.78, 5) is 13.6. The van der Waals surface area contributed by atoms with Gasteiger partial charge in [0.05, 0.1) is 0 Å². The van der Waals surface area contributed by atoms with Gasteiger partial charge in [0.1, 0.15) is 11.5 Å². The van der Waals surface area contributed by atoms with Crippen molar-refractivity contribution in [2.75, 3.05) is 13.1 Å². The molecule has 1 saturated heterocycles. The summed E-state index contributed by atoms with van der Waals surface area (Å²) in [6.07, 6.45) is -2.77. The maximum absolute atomic E-state index is 12.1. The molecule has 6 heteroatoms. The number of piperidine rings is 1. The predicted octanol–water partition coefficient (Wildman–Crippen LogP) is 3.39. The third kappa shape index (κ3) is 5.04. The molecule has 1 atom stereocenters. The van der Waals surface area contributed by atoms with Crippen LogP contribution in [0, 0.1) is 5.92 Å². The van der Waals surface area contributed by atoms with Crippen molar-refractivity contribution in [1.29, 1.82) is 0 Å². The van der Waals surface area contributed by atoms with Crippen LogP contribution < -0.4 is 4.74 Å². The van der Waals surface area contributed by atoms with Crippen LogP contribution in [0.4, 0.5) is 13.2 Å². The molecule has 1 heterocycles. The highest BCUT2D eigenvalue weighted by Crippen LogP contribution is 2.24. The highest BCUT2D eigenvalue weighted by Gasteiger charge is 2.31. The number of carbonyl (C=O) groups is 1. The Morgan fingerprint density at radius 2 is 2.00 bits per heavy atom. The topological polar surface area (TPSA) is 29.5 Å². The van der Waals surface area contributed by atoms with Crippen molar-refractivity contribution in [1.82, 2.24) is 4.90 Å². The van der Waals surface area contributed by atoms with Crippen LogP contribution in [-0.2, 0) is 11.3 Å². The number of ether oxygens (including phenoxy) is 1. The lowest BCUT2D eigenvalue weighted by Crippen LogP contribution is -2.37. The maximum Gasteiger partial charge on any atom is 0.573 e. The van der Waals surface area contributed by atoms with Crippen molar-refractivity contribution in [3.05, 3.63) is 29.8 Å². The monoisotopic (exact) mass is 301 g/mol. The van der Waals surface area contributed by atoms with Crippen LogP contribution in [-0.4, -0.2) is 30.1 Å². The van der Waals surface area contributed by atoms with Gasteiger partial charge in [-0.15, -0.1) is 13.2 Å². The lowest BCUT2D eigenvalue weighted by atomic mass is 9.94. The number of hydrogen-bond acceptors (Lipinski definition) is 3. The molecular formula is C15H18F3NO2. The quantitative estimate of drug-likeness (QED) is 0.854. The van der Waals surface area contributed by atoms with Gasteiger partial charge in [-0.25, -0.2) is 0 Å². The minimum Gasteiger partial charge on any atom is -0.406 e. The molecular weight excluding hydrogens is 283 g/mol. The van der Waals surface area contributed by atoms with Crippen LogP contribution in [0.15, 0.2) is 24.3 Å². The van der Waals surface area contributed by atoms with Crippen LogP contribution in [0.3, 0.4) is 0 Å². The Kier molecular flexibility index (Phi) is 4.88. The van der Waals surface area contributed by atoms with Crippen molar-refractivity contribution in [2.24, 2.45) is 5.92 Å². The number of likely N-dealkylation sites (tertiary alicyclic amines) is 1.